The monoisotopic (exact) mass is 429 g/mol. The standard InChI is InChI=1S/C18H18BrF2NO4/c1-22(10-11-4-6-13(7-5-11)26-18(20)21)17(23)12-8-14(24-2)16(19)15(9-12)25-3/h4-9,18H,10H2,1-3H3. The van der Waals surface area contributed by atoms with Crippen LogP contribution in [0.4, 0.5) is 8.78 Å². The number of rotatable bonds is 7. The van der Waals surface area contributed by atoms with E-state index in [9.17, 15) is 13.6 Å². The van der Waals surface area contributed by atoms with Crippen LogP contribution < -0.4 is 14.2 Å². The minimum atomic E-state index is -2.87. The number of carbonyl (C=O) groups excluding carboxylic acids is 1. The Balaban J connectivity index is 2.14. The first-order valence-corrected chi connectivity index (χ1v) is 8.35. The molecular formula is C18H18BrF2NO4. The van der Waals surface area contributed by atoms with Gasteiger partial charge in [0.15, 0.2) is 0 Å². The van der Waals surface area contributed by atoms with Crippen molar-refractivity contribution in [1.82, 2.24) is 4.90 Å². The second kappa shape index (κ2) is 8.84. The van der Waals surface area contributed by atoms with Crippen LogP contribution in [0, 0.1) is 0 Å². The van der Waals surface area contributed by atoms with Crippen LogP contribution in [0.5, 0.6) is 17.2 Å². The first-order valence-electron chi connectivity index (χ1n) is 7.56. The van der Waals surface area contributed by atoms with E-state index in [1.165, 1.54) is 31.3 Å². The van der Waals surface area contributed by atoms with Gasteiger partial charge in [-0.1, -0.05) is 12.1 Å². The Morgan fingerprint density at radius 3 is 2.12 bits per heavy atom. The molecule has 0 heterocycles. The summed E-state index contributed by atoms with van der Waals surface area (Å²) in [6.07, 6.45) is 0. The Hall–Kier alpha value is -2.35. The van der Waals surface area contributed by atoms with Gasteiger partial charge in [-0.3, -0.25) is 4.79 Å². The molecule has 0 aliphatic heterocycles. The van der Waals surface area contributed by atoms with Crippen LogP contribution in [0.1, 0.15) is 15.9 Å². The lowest BCUT2D eigenvalue weighted by Crippen LogP contribution is -2.26. The van der Waals surface area contributed by atoms with Gasteiger partial charge in [-0.05, 0) is 45.8 Å². The van der Waals surface area contributed by atoms with Crippen LogP contribution in [0.2, 0.25) is 0 Å². The van der Waals surface area contributed by atoms with Crippen molar-refractivity contribution < 1.29 is 27.8 Å². The maximum absolute atomic E-state index is 12.7. The number of carbonyl (C=O) groups is 1. The number of methoxy groups -OCH3 is 2. The quantitative estimate of drug-likeness (QED) is 0.656. The molecule has 0 saturated heterocycles. The van der Waals surface area contributed by atoms with E-state index in [-0.39, 0.29) is 11.7 Å². The van der Waals surface area contributed by atoms with E-state index < -0.39 is 6.61 Å². The highest BCUT2D eigenvalue weighted by molar-refractivity contribution is 9.10. The van der Waals surface area contributed by atoms with Crippen LogP contribution in [0.3, 0.4) is 0 Å². The highest BCUT2D eigenvalue weighted by Gasteiger charge is 2.18. The summed E-state index contributed by atoms with van der Waals surface area (Å²) < 4.78 is 39.8. The molecule has 0 unspecified atom stereocenters. The largest absolute Gasteiger partial charge is 0.495 e. The van der Waals surface area contributed by atoms with Crippen molar-refractivity contribution in [3.05, 3.63) is 52.0 Å². The second-order valence-electron chi connectivity index (χ2n) is 5.38. The minimum absolute atomic E-state index is 0.0695. The molecule has 0 aliphatic carbocycles. The number of nitrogens with zero attached hydrogens (tertiary/aromatic N) is 1. The Kier molecular flexibility index (Phi) is 6.79. The molecule has 140 valence electrons. The lowest BCUT2D eigenvalue weighted by Gasteiger charge is -2.19. The minimum Gasteiger partial charge on any atom is -0.495 e. The van der Waals surface area contributed by atoms with Gasteiger partial charge in [-0.25, -0.2) is 0 Å². The van der Waals surface area contributed by atoms with Crippen molar-refractivity contribution in [2.24, 2.45) is 0 Å². The summed E-state index contributed by atoms with van der Waals surface area (Å²) in [5.41, 5.74) is 1.18. The molecule has 26 heavy (non-hydrogen) atoms. The van der Waals surface area contributed by atoms with Gasteiger partial charge in [0.25, 0.3) is 5.91 Å². The van der Waals surface area contributed by atoms with Crippen LogP contribution in [0.25, 0.3) is 0 Å². The van der Waals surface area contributed by atoms with E-state index in [0.717, 1.165) is 5.56 Å². The predicted octanol–water partition coefficient (Wildman–Crippen LogP) is 4.34. The van der Waals surface area contributed by atoms with Crippen molar-refractivity contribution in [2.45, 2.75) is 13.2 Å². The summed E-state index contributed by atoms with van der Waals surface area (Å²) in [6, 6.07) is 9.36. The zero-order valence-corrected chi connectivity index (χ0v) is 16.0. The molecule has 8 heteroatoms. The highest BCUT2D eigenvalue weighted by atomic mass is 79.9. The van der Waals surface area contributed by atoms with Crippen molar-refractivity contribution in [1.29, 1.82) is 0 Å². The number of hydrogen-bond acceptors (Lipinski definition) is 4. The summed E-state index contributed by atoms with van der Waals surface area (Å²) in [4.78, 5) is 14.2. The predicted molar refractivity (Wildman–Crippen MR) is 96.1 cm³/mol. The van der Waals surface area contributed by atoms with Crippen molar-refractivity contribution in [3.8, 4) is 17.2 Å². The number of ether oxygens (including phenoxy) is 3. The number of benzene rings is 2. The molecule has 2 aromatic carbocycles. The maximum atomic E-state index is 12.7. The summed E-state index contributed by atoms with van der Waals surface area (Å²) in [5, 5.41) is 0. The second-order valence-corrected chi connectivity index (χ2v) is 6.17. The van der Waals surface area contributed by atoms with E-state index in [0.29, 0.717) is 28.1 Å². The Bertz CT molecular complexity index is 743. The third-order valence-corrected chi connectivity index (χ3v) is 4.39. The lowest BCUT2D eigenvalue weighted by atomic mass is 10.1. The average Bonchev–Trinajstić information content (AvgIpc) is 2.62. The highest BCUT2D eigenvalue weighted by Crippen LogP contribution is 2.36. The topological polar surface area (TPSA) is 48.0 Å². The summed E-state index contributed by atoms with van der Waals surface area (Å²) >= 11 is 3.36. The van der Waals surface area contributed by atoms with Gasteiger partial charge in [0.05, 0.1) is 14.2 Å². The van der Waals surface area contributed by atoms with Crippen LogP contribution in [-0.4, -0.2) is 38.7 Å². The summed E-state index contributed by atoms with van der Waals surface area (Å²) in [5.74, 6) is 0.798. The average molecular weight is 430 g/mol. The molecule has 0 N–H and O–H groups in total. The molecule has 0 saturated carbocycles. The van der Waals surface area contributed by atoms with Gasteiger partial charge in [-0.15, -0.1) is 0 Å². The molecular weight excluding hydrogens is 412 g/mol. The number of alkyl halides is 2. The molecule has 1 amide bonds. The van der Waals surface area contributed by atoms with Crippen molar-refractivity contribution in [2.75, 3.05) is 21.3 Å². The molecule has 0 atom stereocenters. The van der Waals surface area contributed by atoms with Crippen LogP contribution in [-0.2, 0) is 6.54 Å². The SMILES string of the molecule is COc1cc(C(=O)N(C)Cc2ccc(OC(F)F)cc2)cc(OC)c1Br. The van der Waals surface area contributed by atoms with Gasteiger partial charge in [0.2, 0.25) is 0 Å². The van der Waals surface area contributed by atoms with E-state index >= 15 is 0 Å². The third-order valence-electron chi connectivity index (χ3n) is 3.61. The molecule has 5 nitrogen and oxygen atoms in total. The summed E-state index contributed by atoms with van der Waals surface area (Å²) in [6.45, 7) is -2.57. The molecule has 0 aliphatic rings. The number of hydrogen-bond donors (Lipinski definition) is 0. The zero-order valence-electron chi connectivity index (χ0n) is 14.5. The van der Waals surface area contributed by atoms with E-state index in [1.54, 1.807) is 31.3 Å². The van der Waals surface area contributed by atoms with Gasteiger partial charge >= 0.3 is 6.61 Å². The van der Waals surface area contributed by atoms with Gasteiger partial charge in [0, 0.05) is 19.2 Å². The molecule has 0 bridgehead atoms. The fraction of sp³-hybridized carbons (Fsp3) is 0.278. The summed E-state index contributed by atoms with van der Waals surface area (Å²) in [7, 11) is 4.65. The molecule has 0 aromatic heterocycles. The molecule has 0 radical (unpaired) electrons. The van der Waals surface area contributed by atoms with Gasteiger partial charge < -0.3 is 19.1 Å². The van der Waals surface area contributed by atoms with Crippen molar-refractivity contribution >= 4 is 21.8 Å². The van der Waals surface area contributed by atoms with E-state index in [2.05, 4.69) is 20.7 Å². The molecule has 2 aromatic rings. The van der Waals surface area contributed by atoms with E-state index in [4.69, 9.17) is 9.47 Å². The van der Waals surface area contributed by atoms with Crippen molar-refractivity contribution in [3.63, 3.8) is 0 Å². The van der Waals surface area contributed by atoms with Crippen LogP contribution in [0.15, 0.2) is 40.9 Å². The molecule has 0 fully saturated rings. The first-order chi connectivity index (χ1) is 12.3. The lowest BCUT2D eigenvalue weighted by molar-refractivity contribution is -0.0498. The maximum Gasteiger partial charge on any atom is 0.387 e. The van der Waals surface area contributed by atoms with Gasteiger partial charge in [0.1, 0.15) is 21.7 Å². The Labute approximate surface area is 158 Å². The zero-order chi connectivity index (χ0) is 19.3. The smallest absolute Gasteiger partial charge is 0.387 e. The van der Waals surface area contributed by atoms with E-state index in [1.807, 2.05) is 0 Å². The number of halogens is 3. The third kappa shape index (κ3) is 4.85. The van der Waals surface area contributed by atoms with Crippen LogP contribution >= 0.6 is 15.9 Å². The Morgan fingerprint density at radius 1 is 1.12 bits per heavy atom. The Morgan fingerprint density at radius 2 is 1.65 bits per heavy atom. The fourth-order valence-corrected chi connectivity index (χ4v) is 2.89. The normalized spacial score (nSPS) is 10.6. The molecule has 2 rings (SSSR count). The fourth-order valence-electron chi connectivity index (χ4n) is 2.34. The first kappa shape index (κ1) is 20.0. The van der Waals surface area contributed by atoms with Gasteiger partial charge in [-0.2, -0.15) is 8.78 Å². The number of amides is 1. The molecule has 0 spiro atoms.